The Labute approximate surface area is 176 Å². The minimum Gasteiger partial charge on any atom is -0.495 e. The maximum absolute atomic E-state index is 12.9. The van der Waals surface area contributed by atoms with Crippen molar-refractivity contribution in [3.8, 4) is 5.75 Å². The summed E-state index contributed by atoms with van der Waals surface area (Å²) in [5.41, 5.74) is 3.75. The van der Waals surface area contributed by atoms with Gasteiger partial charge in [0.15, 0.2) is 0 Å². The van der Waals surface area contributed by atoms with Crippen molar-refractivity contribution < 1.29 is 19.5 Å². The molecule has 1 saturated heterocycles. The second kappa shape index (κ2) is 9.60. The number of hydrogen-bond donors (Lipinski definition) is 3. The highest BCUT2D eigenvalue weighted by molar-refractivity contribution is 5.93. The van der Waals surface area contributed by atoms with E-state index >= 15 is 0 Å². The minimum atomic E-state index is -0.529. The number of urea groups is 1. The molecule has 1 aliphatic heterocycles. The molecule has 1 fully saturated rings. The van der Waals surface area contributed by atoms with E-state index in [-0.39, 0.29) is 18.1 Å². The van der Waals surface area contributed by atoms with E-state index in [1.807, 2.05) is 48.2 Å². The summed E-state index contributed by atoms with van der Waals surface area (Å²) in [5.74, 6) is 0.0988. The molecule has 3 rings (SSSR count). The largest absolute Gasteiger partial charge is 0.495 e. The van der Waals surface area contributed by atoms with Crippen LogP contribution in [0, 0.1) is 0 Å². The predicted molar refractivity (Wildman–Crippen MR) is 114 cm³/mol. The second-order valence-corrected chi connectivity index (χ2v) is 7.55. The third-order valence-electron chi connectivity index (χ3n) is 5.43. The Kier molecular flexibility index (Phi) is 6.91. The molecule has 0 saturated carbocycles. The van der Waals surface area contributed by atoms with Gasteiger partial charge in [-0.3, -0.25) is 14.9 Å². The summed E-state index contributed by atoms with van der Waals surface area (Å²) < 4.78 is 5.31. The van der Waals surface area contributed by atoms with Crippen LogP contribution in [0.1, 0.15) is 29.8 Å². The first-order chi connectivity index (χ1) is 14.4. The molecule has 1 aliphatic rings. The monoisotopic (exact) mass is 412 g/mol. The molecule has 160 valence electrons. The van der Waals surface area contributed by atoms with Crippen molar-refractivity contribution in [3.63, 3.8) is 0 Å². The summed E-state index contributed by atoms with van der Waals surface area (Å²) in [4.78, 5) is 28.5. The van der Waals surface area contributed by atoms with Gasteiger partial charge in [-0.05, 0) is 43.7 Å². The zero-order valence-corrected chi connectivity index (χ0v) is 17.5. The molecule has 2 aromatic carbocycles. The second-order valence-electron chi connectivity index (χ2n) is 7.55. The summed E-state index contributed by atoms with van der Waals surface area (Å²) in [5, 5.41) is 11.7. The van der Waals surface area contributed by atoms with E-state index in [9.17, 15) is 9.59 Å². The van der Waals surface area contributed by atoms with Crippen LogP contribution in [-0.2, 0) is 6.54 Å². The lowest BCUT2D eigenvalue weighted by Gasteiger charge is -2.44. The van der Waals surface area contributed by atoms with Gasteiger partial charge in [0.2, 0.25) is 0 Å². The normalized spacial score (nSPS) is 19.3. The molecule has 2 aromatic rings. The smallest absolute Gasteiger partial charge is 0.322 e. The van der Waals surface area contributed by atoms with Crippen molar-refractivity contribution in [2.75, 3.05) is 25.5 Å². The third-order valence-corrected chi connectivity index (χ3v) is 5.43. The quantitative estimate of drug-likeness (QED) is 0.519. The average molecular weight is 412 g/mol. The van der Waals surface area contributed by atoms with E-state index in [0.717, 1.165) is 12.1 Å². The number of methoxy groups -OCH3 is 1. The van der Waals surface area contributed by atoms with Crippen LogP contribution in [0.5, 0.6) is 5.75 Å². The summed E-state index contributed by atoms with van der Waals surface area (Å²) in [6, 6.07) is 14.6. The lowest BCUT2D eigenvalue weighted by molar-refractivity contribution is 0.0626. The topological polar surface area (TPSA) is 94.1 Å². The van der Waals surface area contributed by atoms with Crippen LogP contribution in [0.2, 0.25) is 0 Å². The van der Waals surface area contributed by atoms with Crippen LogP contribution in [0.4, 0.5) is 10.5 Å². The molecule has 2 atom stereocenters. The SMILES string of the molecule is COc1ccccc1NC(=O)N1C[C@H](C)N(Cc2ccc(C(=O)NO)cc2)C[C@@H]1C. The maximum Gasteiger partial charge on any atom is 0.322 e. The van der Waals surface area contributed by atoms with Gasteiger partial charge in [-0.25, -0.2) is 10.3 Å². The van der Waals surface area contributed by atoms with Gasteiger partial charge < -0.3 is 15.0 Å². The standard InChI is InChI=1S/C22H28N4O4/c1-15-13-26(22(28)23-19-6-4-5-7-20(19)30-3)16(2)12-25(15)14-17-8-10-18(11-9-17)21(27)24-29/h4-11,15-16,29H,12-14H2,1-3H3,(H,23,28)(H,24,27)/t15-,16-/m0/s1. The number of carbonyl (C=O) groups excluding carboxylic acids is 2. The van der Waals surface area contributed by atoms with Gasteiger partial charge in [0.05, 0.1) is 12.8 Å². The third kappa shape index (κ3) is 4.90. The van der Waals surface area contributed by atoms with E-state index in [2.05, 4.69) is 17.1 Å². The summed E-state index contributed by atoms with van der Waals surface area (Å²) in [7, 11) is 1.58. The first-order valence-corrected chi connectivity index (χ1v) is 9.91. The Bertz CT molecular complexity index is 887. The van der Waals surface area contributed by atoms with Crippen molar-refractivity contribution in [2.45, 2.75) is 32.5 Å². The fourth-order valence-corrected chi connectivity index (χ4v) is 3.70. The number of anilines is 1. The van der Waals surface area contributed by atoms with Crippen molar-refractivity contribution in [1.29, 1.82) is 0 Å². The Morgan fingerprint density at radius 2 is 1.77 bits per heavy atom. The molecule has 8 nitrogen and oxygen atoms in total. The van der Waals surface area contributed by atoms with E-state index in [1.165, 1.54) is 0 Å². The number of nitrogens with zero attached hydrogens (tertiary/aromatic N) is 2. The fraction of sp³-hybridized carbons (Fsp3) is 0.364. The molecule has 0 aromatic heterocycles. The van der Waals surface area contributed by atoms with Gasteiger partial charge >= 0.3 is 6.03 Å². The van der Waals surface area contributed by atoms with E-state index in [4.69, 9.17) is 9.94 Å². The van der Waals surface area contributed by atoms with Crippen LogP contribution in [-0.4, -0.2) is 59.2 Å². The van der Waals surface area contributed by atoms with Crippen molar-refractivity contribution in [2.24, 2.45) is 0 Å². The molecule has 0 aliphatic carbocycles. The van der Waals surface area contributed by atoms with Crippen LogP contribution >= 0.6 is 0 Å². The molecular weight excluding hydrogens is 384 g/mol. The van der Waals surface area contributed by atoms with Crippen LogP contribution < -0.4 is 15.5 Å². The maximum atomic E-state index is 12.9. The molecule has 0 radical (unpaired) electrons. The Hall–Kier alpha value is -3.10. The molecular formula is C22H28N4O4. The molecule has 0 bridgehead atoms. The highest BCUT2D eigenvalue weighted by atomic mass is 16.5. The Morgan fingerprint density at radius 1 is 1.07 bits per heavy atom. The van der Waals surface area contributed by atoms with E-state index in [1.54, 1.807) is 24.7 Å². The van der Waals surface area contributed by atoms with E-state index < -0.39 is 5.91 Å². The van der Waals surface area contributed by atoms with Crippen molar-refractivity contribution in [1.82, 2.24) is 15.3 Å². The zero-order chi connectivity index (χ0) is 21.7. The number of benzene rings is 2. The molecule has 3 N–H and O–H groups in total. The molecule has 1 heterocycles. The number of amides is 3. The Morgan fingerprint density at radius 3 is 2.43 bits per heavy atom. The van der Waals surface area contributed by atoms with Crippen molar-refractivity contribution in [3.05, 3.63) is 59.7 Å². The van der Waals surface area contributed by atoms with Gasteiger partial charge in [-0.1, -0.05) is 24.3 Å². The Balaban J connectivity index is 1.62. The zero-order valence-electron chi connectivity index (χ0n) is 17.5. The molecule has 0 unspecified atom stereocenters. The number of hydroxylamine groups is 1. The fourth-order valence-electron chi connectivity index (χ4n) is 3.70. The number of piperazine rings is 1. The highest BCUT2D eigenvalue weighted by Gasteiger charge is 2.32. The summed E-state index contributed by atoms with van der Waals surface area (Å²) >= 11 is 0. The molecule has 0 spiro atoms. The number of para-hydroxylation sites is 2. The number of ether oxygens (including phenoxy) is 1. The summed E-state index contributed by atoms with van der Waals surface area (Å²) in [6.45, 7) is 6.19. The first-order valence-electron chi connectivity index (χ1n) is 9.91. The predicted octanol–water partition coefficient (Wildman–Crippen LogP) is 2.94. The van der Waals surface area contributed by atoms with Gasteiger partial charge in [-0.2, -0.15) is 0 Å². The lowest BCUT2D eigenvalue weighted by Crippen LogP contribution is -2.58. The van der Waals surface area contributed by atoms with Gasteiger partial charge in [0.1, 0.15) is 5.75 Å². The highest BCUT2D eigenvalue weighted by Crippen LogP contribution is 2.25. The number of rotatable bonds is 5. The minimum absolute atomic E-state index is 0.0374. The van der Waals surface area contributed by atoms with Crippen LogP contribution in [0.3, 0.4) is 0 Å². The lowest BCUT2D eigenvalue weighted by atomic mass is 10.1. The van der Waals surface area contributed by atoms with E-state index in [0.29, 0.717) is 30.1 Å². The molecule has 3 amide bonds. The van der Waals surface area contributed by atoms with Crippen molar-refractivity contribution >= 4 is 17.6 Å². The van der Waals surface area contributed by atoms with Gasteiger partial charge in [0, 0.05) is 37.3 Å². The van der Waals surface area contributed by atoms with Gasteiger partial charge in [0.25, 0.3) is 5.91 Å². The molecule has 8 heteroatoms. The van der Waals surface area contributed by atoms with Gasteiger partial charge in [-0.15, -0.1) is 0 Å². The average Bonchev–Trinajstić information content (AvgIpc) is 2.76. The first kappa shape index (κ1) is 21.6. The number of nitrogens with one attached hydrogen (secondary N) is 2. The van der Waals surface area contributed by atoms with Crippen LogP contribution in [0.25, 0.3) is 0 Å². The molecule has 30 heavy (non-hydrogen) atoms. The number of carbonyl (C=O) groups is 2. The number of hydrogen-bond acceptors (Lipinski definition) is 5. The van der Waals surface area contributed by atoms with Crippen LogP contribution in [0.15, 0.2) is 48.5 Å². The summed E-state index contributed by atoms with van der Waals surface area (Å²) in [6.07, 6.45) is 0.